The molecule has 2 aromatic heterocycles. The summed E-state index contributed by atoms with van der Waals surface area (Å²) in [5, 5.41) is 15.4. The number of thiazole rings is 1. The van der Waals surface area contributed by atoms with Crippen LogP contribution in [0.15, 0.2) is 29.8 Å². The van der Waals surface area contributed by atoms with Crippen LogP contribution in [-0.2, 0) is 6.54 Å². The van der Waals surface area contributed by atoms with Crippen LogP contribution in [0.2, 0.25) is 0 Å². The Labute approximate surface area is 145 Å². The van der Waals surface area contributed by atoms with Crippen molar-refractivity contribution in [3.63, 3.8) is 0 Å². The minimum Gasteiger partial charge on any atom is -0.393 e. The van der Waals surface area contributed by atoms with E-state index in [0.717, 1.165) is 17.2 Å². The number of rotatable bonds is 6. The number of nitrogens with zero attached hydrogens (tertiary/aromatic N) is 3. The molecule has 2 aromatic rings. The predicted octanol–water partition coefficient (Wildman–Crippen LogP) is 1.84. The van der Waals surface area contributed by atoms with E-state index >= 15 is 0 Å². The highest BCUT2D eigenvalue weighted by Crippen LogP contribution is 2.37. The Hall–Kier alpha value is -1.83. The number of carbonyl (C=O) groups excluding carboxylic acids is 1. The van der Waals surface area contributed by atoms with Crippen molar-refractivity contribution in [2.45, 2.75) is 31.5 Å². The molecule has 3 rings (SSSR count). The summed E-state index contributed by atoms with van der Waals surface area (Å²) in [5.74, 6) is 0.0204. The van der Waals surface area contributed by atoms with Crippen LogP contribution in [0.25, 0.3) is 0 Å². The first kappa shape index (κ1) is 17.0. The van der Waals surface area contributed by atoms with Crippen molar-refractivity contribution in [2.75, 3.05) is 14.1 Å². The zero-order chi connectivity index (χ0) is 17.1. The van der Waals surface area contributed by atoms with E-state index in [2.05, 4.69) is 15.3 Å². The van der Waals surface area contributed by atoms with Crippen LogP contribution in [0, 0.1) is 5.92 Å². The molecule has 0 aromatic carbocycles. The van der Waals surface area contributed by atoms with Crippen molar-refractivity contribution in [3.05, 3.63) is 46.2 Å². The Morgan fingerprint density at radius 3 is 2.88 bits per heavy atom. The molecule has 0 aliphatic heterocycles. The highest BCUT2D eigenvalue weighted by atomic mass is 32.1. The van der Waals surface area contributed by atoms with Crippen LogP contribution >= 0.6 is 11.3 Å². The third kappa shape index (κ3) is 3.98. The summed E-state index contributed by atoms with van der Waals surface area (Å²) in [6, 6.07) is 5.48. The zero-order valence-corrected chi connectivity index (χ0v) is 14.7. The summed E-state index contributed by atoms with van der Waals surface area (Å²) in [7, 11) is 3.94. The van der Waals surface area contributed by atoms with Crippen LogP contribution in [-0.4, -0.2) is 46.1 Å². The van der Waals surface area contributed by atoms with Crippen molar-refractivity contribution in [1.29, 1.82) is 0 Å². The molecule has 1 fully saturated rings. The number of hydrogen-bond donors (Lipinski definition) is 2. The second-order valence-electron chi connectivity index (χ2n) is 6.46. The van der Waals surface area contributed by atoms with Gasteiger partial charge in [0.25, 0.3) is 5.91 Å². The van der Waals surface area contributed by atoms with Crippen molar-refractivity contribution in [3.8, 4) is 0 Å². The SMILES string of the molecule is CN(C)Cc1nc(C(=O)N[C@@H](c2ccccn2)C2CC(O)C2)cs1. The van der Waals surface area contributed by atoms with Crippen LogP contribution in [0.1, 0.15) is 40.1 Å². The number of aliphatic hydroxyl groups is 1. The first-order chi connectivity index (χ1) is 11.5. The standard InChI is InChI=1S/C17H22N4O2S/c1-21(2)9-15-19-14(10-24-15)17(23)20-16(11-7-12(22)8-11)13-5-3-4-6-18-13/h3-6,10-12,16,22H,7-9H2,1-2H3,(H,20,23)/t11?,12?,16-/m1/s1. The van der Waals surface area contributed by atoms with Gasteiger partial charge in [0.1, 0.15) is 10.7 Å². The normalized spacial score (nSPS) is 21.3. The molecule has 1 saturated carbocycles. The summed E-state index contributed by atoms with van der Waals surface area (Å²) in [5.41, 5.74) is 1.27. The lowest BCUT2D eigenvalue weighted by Gasteiger charge is -2.37. The lowest BCUT2D eigenvalue weighted by atomic mass is 9.76. The minimum absolute atomic E-state index is 0.187. The van der Waals surface area contributed by atoms with E-state index in [-0.39, 0.29) is 24.0 Å². The summed E-state index contributed by atoms with van der Waals surface area (Å²) >= 11 is 1.49. The molecule has 0 radical (unpaired) electrons. The van der Waals surface area contributed by atoms with Gasteiger partial charge in [0, 0.05) is 18.1 Å². The third-order valence-corrected chi connectivity index (χ3v) is 4.98. The van der Waals surface area contributed by atoms with Gasteiger partial charge in [-0.15, -0.1) is 11.3 Å². The summed E-state index contributed by atoms with van der Waals surface area (Å²) in [6.45, 7) is 0.719. The minimum atomic E-state index is -0.274. The van der Waals surface area contributed by atoms with E-state index in [1.807, 2.05) is 37.2 Å². The molecular weight excluding hydrogens is 324 g/mol. The molecule has 2 N–H and O–H groups in total. The number of pyridine rings is 1. The molecule has 1 aliphatic rings. The Kier molecular flexibility index (Phi) is 5.23. The van der Waals surface area contributed by atoms with E-state index in [1.54, 1.807) is 11.6 Å². The van der Waals surface area contributed by atoms with Crippen molar-refractivity contribution >= 4 is 17.2 Å². The largest absolute Gasteiger partial charge is 0.393 e. The average Bonchev–Trinajstić information content (AvgIpc) is 2.98. The lowest BCUT2D eigenvalue weighted by Crippen LogP contribution is -2.41. The fraction of sp³-hybridized carbons (Fsp3) is 0.471. The second-order valence-corrected chi connectivity index (χ2v) is 7.40. The Morgan fingerprint density at radius 2 is 2.25 bits per heavy atom. The van der Waals surface area contributed by atoms with Crippen LogP contribution < -0.4 is 5.32 Å². The highest BCUT2D eigenvalue weighted by molar-refractivity contribution is 7.09. The number of nitrogens with one attached hydrogen (secondary N) is 1. The summed E-state index contributed by atoms with van der Waals surface area (Å²) < 4.78 is 0. The number of aliphatic hydroxyl groups excluding tert-OH is 1. The molecule has 0 spiro atoms. The van der Waals surface area contributed by atoms with E-state index < -0.39 is 0 Å². The van der Waals surface area contributed by atoms with Gasteiger partial charge in [0.2, 0.25) is 0 Å². The number of amides is 1. The Bertz CT molecular complexity index is 683. The average molecular weight is 346 g/mol. The topological polar surface area (TPSA) is 78.4 Å². The van der Waals surface area contributed by atoms with Crippen molar-refractivity contribution < 1.29 is 9.90 Å². The van der Waals surface area contributed by atoms with Gasteiger partial charge in [0.15, 0.2) is 0 Å². The molecule has 1 amide bonds. The number of carbonyl (C=O) groups is 1. The van der Waals surface area contributed by atoms with Crippen LogP contribution in [0.3, 0.4) is 0 Å². The van der Waals surface area contributed by atoms with Gasteiger partial charge in [-0.2, -0.15) is 0 Å². The molecule has 7 heteroatoms. The second kappa shape index (κ2) is 7.38. The highest BCUT2D eigenvalue weighted by Gasteiger charge is 2.36. The summed E-state index contributed by atoms with van der Waals surface area (Å²) in [4.78, 5) is 23.4. The monoisotopic (exact) mass is 346 g/mol. The van der Waals surface area contributed by atoms with Gasteiger partial charge in [-0.05, 0) is 45.0 Å². The third-order valence-electron chi connectivity index (χ3n) is 4.15. The molecule has 1 atom stereocenters. The Morgan fingerprint density at radius 1 is 1.46 bits per heavy atom. The fourth-order valence-corrected chi connectivity index (χ4v) is 3.76. The van der Waals surface area contributed by atoms with Gasteiger partial charge in [-0.25, -0.2) is 4.98 Å². The number of aromatic nitrogens is 2. The van der Waals surface area contributed by atoms with Crippen LogP contribution in [0.4, 0.5) is 0 Å². The maximum atomic E-state index is 12.6. The Balaban J connectivity index is 1.72. The van der Waals surface area contributed by atoms with Gasteiger partial charge in [0.05, 0.1) is 17.8 Å². The quantitative estimate of drug-likeness (QED) is 0.834. The first-order valence-corrected chi connectivity index (χ1v) is 8.90. The van der Waals surface area contributed by atoms with E-state index in [0.29, 0.717) is 18.5 Å². The first-order valence-electron chi connectivity index (χ1n) is 8.02. The molecule has 128 valence electrons. The molecule has 1 aliphatic carbocycles. The maximum absolute atomic E-state index is 12.6. The van der Waals surface area contributed by atoms with Crippen molar-refractivity contribution in [2.24, 2.45) is 5.92 Å². The molecular formula is C17H22N4O2S. The molecule has 0 bridgehead atoms. The molecule has 24 heavy (non-hydrogen) atoms. The molecule has 2 heterocycles. The molecule has 0 saturated heterocycles. The van der Waals surface area contributed by atoms with Gasteiger partial charge in [-0.3, -0.25) is 9.78 Å². The summed E-state index contributed by atoms with van der Waals surface area (Å²) in [6.07, 6.45) is 2.82. The van der Waals surface area contributed by atoms with Crippen molar-refractivity contribution in [1.82, 2.24) is 20.2 Å². The smallest absolute Gasteiger partial charge is 0.271 e. The fourth-order valence-electron chi connectivity index (χ4n) is 2.87. The van der Waals surface area contributed by atoms with E-state index in [4.69, 9.17) is 0 Å². The van der Waals surface area contributed by atoms with E-state index in [1.165, 1.54) is 11.3 Å². The van der Waals surface area contributed by atoms with Gasteiger partial charge in [-0.1, -0.05) is 6.07 Å². The van der Waals surface area contributed by atoms with Gasteiger partial charge >= 0.3 is 0 Å². The predicted molar refractivity (Wildman–Crippen MR) is 92.7 cm³/mol. The molecule has 0 unspecified atom stereocenters. The van der Waals surface area contributed by atoms with E-state index in [9.17, 15) is 9.90 Å². The molecule has 6 nitrogen and oxygen atoms in total. The lowest BCUT2D eigenvalue weighted by molar-refractivity contribution is 0.0228. The van der Waals surface area contributed by atoms with Gasteiger partial charge < -0.3 is 15.3 Å². The zero-order valence-electron chi connectivity index (χ0n) is 13.8. The number of hydrogen-bond acceptors (Lipinski definition) is 6. The van der Waals surface area contributed by atoms with Crippen LogP contribution in [0.5, 0.6) is 0 Å². The maximum Gasteiger partial charge on any atom is 0.271 e.